The van der Waals surface area contributed by atoms with Gasteiger partial charge in [-0.3, -0.25) is 0 Å². The van der Waals surface area contributed by atoms with Crippen LogP contribution in [0.1, 0.15) is 23.2 Å². The summed E-state index contributed by atoms with van der Waals surface area (Å²) in [6, 6.07) is 7.14. The highest BCUT2D eigenvalue weighted by molar-refractivity contribution is 9.09. The number of alkyl halides is 1. The van der Waals surface area contributed by atoms with Crippen molar-refractivity contribution in [1.82, 2.24) is 0 Å². The lowest BCUT2D eigenvalue weighted by Crippen LogP contribution is -1.98. The monoisotopic (exact) mass is 288 g/mol. The Morgan fingerprint density at radius 1 is 1.33 bits per heavy atom. The van der Waals surface area contributed by atoms with Crippen LogP contribution in [-0.4, -0.2) is 22.2 Å². The molecule has 0 fully saturated rings. The third kappa shape index (κ3) is 4.26. The fourth-order valence-corrected chi connectivity index (χ4v) is 2.60. The Balaban J connectivity index is 2.56. The minimum atomic E-state index is -0.849. The van der Waals surface area contributed by atoms with E-state index in [1.807, 2.05) is 12.1 Å². The molecule has 1 aromatic rings. The van der Waals surface area contributed by atoms with Crippen molar-refractivity contribution in [3.63, 3.8) is 0 Å². The Morgan fingerprint density at radius 3 is 2.73 bits per heavy atom. The second-order valence-electron chi connectivity index (χ2n) is 3.05. The molecule has 1 aromatic carbocycles. The lowest BCUT2D eigenvalue weighted by Gasteiger charge is -2.04. The number of unbranched alkanes of at least 4 members (excludes halogenated alkanes) is 1. The van der Waals surface area contributed by atoms with Gasteiger partial charge in [0, 0.05) is 10.2 Å². The standard InChI is InChI=1S/C11H13BrO2S/c12-7-3-4-8-15-10-6-2-1-5-9(10)11(13)14/h1-2,5-6H,3-4,7-8H2,(H,13,14). The van der Waals surface area contributed by atoms with E-state index in [2.05, 4.69) is 15.9 Å². The molecule has 0 amide bonds. The van der Waals surface area contributed by atoms with Crippen molar-refractivity contribution in [2.45, 2.75) is 17.7 Å². The van der Waals surface area contributed by atoms with Gasteiger partial charge in [-0.2, -0.15) is 0 Å². The van der Waals surface area contributed by atoms with Gasteiger partial charge in [0.25, 0.3) is 0 Å². The number of hydrogen-bond donors (Lipinski definition) is 1. The molecule has 0 saturated heterocycles. The predicted molar refractivity (Wildman–Crippen MR) is 67.2 cm³/mol. The number of halogens is 1. The summed E-state index contributed by atoms with van der Waals surface area (Å²) in [7, 11) is 0. The Bertz CT molecular complexity index is 328. The van der Waals surface area contributed by atoms with E-state index in [-0.39, 0.29) is 0 Å². The summed E-state index contributed by atoms with van der Waals surface area (Å²) >= 11 is 4.98. The Kier molecular flexibility index (Phi) is 5.79. The van der Waals surface area contributed by atoms with Crippen molar-refractivity contribution >= 4 is 33.7 Å². The van der Waals surface area contributed by atoms with E-state index in [1.54, 1.807) is 23.9 Å². The topological polar surface area (TPSA) is 37.3 Å². The van der Waals surface area contributed by atoms with E-state index in [9.17, 15) is 4.79 Å². The van der Waals surface area contributed by atoms with Crippen molar-refractivity contribution in [2.75, 3.05) is 11.1 Å². The molecule has 2 nitrogen and oxygen atoms in total. The summed E-state index contributed by atoms with van der Waals surface area (Å²) in [5.74, 6) is 0.120. The first-order chi connectivity index (χ1) is 7.25. The van der Waals surface area contributed by atoms with Crippen molar-refractivity contribution in [2.24, 2.45) is 0 Å². The summed E-state index contributed by atoms with van der Waals surface area (Å²) in [5, 5.41) is 9.96. The van der Waals surface area contributed by atoms with Crippen LogP contribution < -0.4 is 0 Å². The highest BCUT2D eigenvalue weighted by Gasteiger charge is 2.08. The number of rotatable bonds is 6. The molecule has 0 atom stereocenters. The third-order valence-electron chi connectivity index (χ3n) is 1.90. The Morgan fingerprint density at radius 2 is 2.07 bits per heavy atom. The molecule has 0 heterocycles. The molecule has 0 bridgehead atoms. The van der Waals surface area contributed by atoms with Crippen molar-refractivity contribution < 1.29 is 9.90 Å². The molecular formula is C11H13BrO2S. The van der Waals surface area contributed by atoms with Crippen molar-refractivity contribution in [1.29, 1.82) is 0 Å². The number of thioether (sulfide) groups is 1. The summed E-state index contributed by atoms with van der Waals surface area (Å²) < 4.78 is 0. The van der Waals surface area contributed by atoms with Gasteiger partial charge in [0.1, 0.15) is 0 Å². The molecule has 0 unspecified atom stereocenters. The first kappa shape index (κ1) is 12.6. The molecule has 82 valence electrons. The lowest BCUT2D eigenvalue weighted by molar-refractivity contribution is 0.0693. The van der Waals surface area contributed by atoms with E-state index < -0.39 is 5.97 Å². The smallest absolute Gasteiger partial charge is 0.336 e. The molecule has 1 N–H and O–H groups in total. The number of benzene rings is 1. The van der Waals surface area contributed by atoms with Crippen molar-refractivity contribution in [3.8, 4) is 0 Å². The largest absolute Gasteiger partial charge is 0.478 e. The minimum absolute atomic E-state index is 0.404. The first-order valence-electron chi connectivity index (χ1n) is 4.77. The molecule has 0 radical (unpaired) electrons. The number of hydrogen-bond acceptors (Lipinski definition) is 2. The van der Waals surface area contributed by atoms with Crippen LogP contribution in [0.3, 0.4) is 0 Å². The summed E-state index contributed by atoms with van der Waals surface area (Å²) in [5.41, 5.74) is 0.404. The zero-order chi connectivity index (χ0) is 11.1. The van der Waals surface area contributed by atoms with E-state index in [0.717, 1.165) is 28.8 Å². The van der Waals surface area contributed by atoms with Gasteiger partial charge >= 0.3 is 5.97 Å². The van der Waals surface area contributed by atoms with Crippen LogP contribution in [0, 0.1) is 0 Å². The van der Waals surface area contributed by atoms with Crippen LogP contribution in [0.5, 0.6) is 0 Å². The third-order valence-corrected chi connectivity index (χ3v) is 3.62. The number of carboxylic acid groups (broad SMARTS) is 1. The van der Waals surface area contributed by atoms with Crippen LogP contribution in [0.2, 0.25) is 0 Å². The summed E-state index contributed by atoms with van der Waals surface area (Å²) in [6.45, 7) is 0. The van der Waals surface area contributed by atoms with Crippen LogP contribution >= 0.6 is 27.7 Å². The molecule has 0 aliphatic rings. The molecule has 0 spiro atoms. The van der Waals surface area contributed by atoms with E-state index in [1.165, 1.54) is 0 Å². The van der Waals surface area contributed by atoms with E-state index in [0.29, 0.717) is 5.56 Å². The van der Waals surface area contributed by atoms with Gasteiger partial charge < -0.3 is 5.11 Å². The van der Waals surface area contributed by atoms with Gasteiger partial charge in [0.2, 0.25) is 0 Å². The zero-order valence-electron chi connectivity index (χ0n) is 8.28. The van der Waals surface area contributed by atoms with Crippen molar-refractivity contribution in [3.05, 3.63) is 29.8 Å². The molecule has 0 aromatic heterocycles. The molecule has 1 rings (SSSR count). The van der Waals surface area contributed by atoms with Gasteiger partial charge in [0.15, 0.2) is 0 Å². The SMILES string of the molecule is O=C(O)c1ccccc1SCCCCBr. The maximum absolute atomic E-state index is 10.9. The highest BCUT2D eigenvalue weighted by atomic mass is 79.9. The normalized spacial score (nSPS) is 10.2. The second kappa shape index (κ2) is 6.90. The van der Waals surface area contributed by atoms with E-state index >= 15 is 0 Å². The Labute approximate surface area is 102 Å². The number of carboxylic acids is 1. The summed E-state index contributed by atoms with van der Waals surface area (Å²) in [6.07, 6.45) is 2.23. The van der Waals surface area contributed by atoms with E-state index in [4.69, 9.17) is 5.11 Å². The number of carbonyl (C=O) groups is 1. The molecule has 0 aliphatic carbocycles. The van der Waals surface area contributed by atoms with Crippen LogP contribution in [0.15, 0.2) is 29.2 Å². The lowest BCUT2D eigenvalue weighted by atomic mass is 10.2. The predicted octanol–water partition coefficient (Wildman–Crippen LogP) is 3.65. The van der Waals surface area contributed by atoms with Gasteiger partial charge in [-0.15, -0.1) is 11.8 Å². The quantitative estimate of drug-likeness (QED) is 0.493. The molecule has 0 saturated carbocycles. The number of aromatic carboxylic acids is 1. The average molecular weight is 289 g/mol. The van der Waals surface area contributed by atoms with Crippen LogP contribution in [-0.2, 0) is 0 Å². The van der Waals surface area contributed by atoms with Gasteiger partial charge in [0.05, 0.1) is 5.56 Å². The fraction of sp³-hybridized carbons (Fsp3) is 0.364. The fourth-order valence-electron chi connectivity index (χ4n) is 1.15. The second-order valence-corrected chi connectivity index (χ2v) is 4.98. The minimum Gasteiger partial charge on any atom is -0.478 e. The van der Waals surface area contributed by atoms with Crippen LogP contribution in [0.25, 0.3) is 0 Å². The van der Waals surface area contributed by atoms with Gasteiger partial charge in [-0.1, -0.05) is 28.1 Å². The zero-order valence-corrected chi connectivity index (χ0v) is 10.7. The highest BCUT2D eigenvalue weighted by Crippen LogP contribution is 2.23. The maximum Gasteiger partial charge on any atom is 0.336 e. The van der Waals surface area contributed by atoms with Gasteiger partial charge in [-0.05, 0) is 30.7 Å². The maximum atomic E-state index is 10.9. The molecule has 15 heavy (non-hydrogen) atoms. The van der Waals surface area contributed by atoms with Crippen LogP contribution in [0.4, 0.5) is 0 Å². The molecular weight excluding hydrogens is 276 g/mol. The summed E-state index contributed by atoms with van der Waals surface area (Å²) in [4.78, 5) is 11.8. The molecule has 0 aliphatic heterocycles. The van der Waals surface area contributed by atoms with Gasteiger partial charge in [-0.25, -0.2) is 4.79 Å². The average Bonchev–Trinajstić information content (AvgIpc) is 2.25. The Hall–Kier alpha value is -0.480. The first-order valence-corrected chi connectivity index (χ1v) is 6.87. The molecule has 4 heteroatoms.